The molecule has 114 heavy (non-hydrogen) atoms. The second-order valence-corrected chi connectivity index (χ2v) is 33.7. The highest BCUT2D eigenvalue weighted by molar-refractivity contribution is 7.47. The number of aliphatic hydroxyl groups is 2. The van der Waals surface area contributed by atoms with Crippen molar-refractivity contribution >= 4 is 51.2 Å². The maximum Gasteiger partial charge on any atom is 0.472 e. The zero-order valence-electron chi connectivity index (χ0n) is 71.7. The van der Waals surface area contributed by atoms with Crippen LogP contribution in [0.2, 0.25) is 0 Å². The van der Waals surface area contributed by atoms with Gasteiger partial charge in [0.2, 0.25) is 11.8 Å². The second-order valence-electron chi connectivity index (χ2n) is 30.8. The van der Waals surface area contributed by atoms with Crippen molar-refractivity contribution in [3.63, 3.8) is 0 Å². The van der Waals surface area contributed by atoms with Crippen molar-refractivity contribution in [3.05, 3.63) is 59.7 Å². The number of aliphatic hydroxyl groups excluding tert-OH is 2. The monoisotopic (exact) mass is 1660 g/mol. The first-order valence-corrected chi connectivity index (χ1v) is 47.9. The maximum atomic E-state index is 13.8. The summed E-state index contributed by atoms with van der Waals surface area (Å²) in [7, 11) is -9.63. The molecule has 1 aromatic rings. The summed E-state index contributed by atoms with van der Waals surface area (Å²) in [6.45, 7) is 10.5. The highest BCUT2D eigenvalue weighted by atomic mass is 31.2. The van der Waals surface area contributed by atoms with Crippen LogP contribution in [0.15, 0.2) is 48.6 Å². The number of benzene rings is 1. The third-order valence-corrected chi connectivity index (χ3v) is 21.8. The van der Waals surface area contributed by atoms with Crippen LogP contribution >= 0.6 is 15.6 Å². The van der Waals surface area contributed by atoms with E-state index in [0.717, 1.165) is 167 Å². The highest BCUT2D eigenvalue weighted by Gasteiger charge is 2.29. The molecule has 8 atom stereocenters. The molecule has 8 unspecified atom stereocenters. The Morgan fingerprint density at radius 2 is 0.684 bits per heavy atom. The van der Waals surface area contributed by atoms with Crippen LogP contribution in [0.4, 0.5) is 0 Å². The number of ether oxygens (including phenoxy) is 4. The number of rotatable bonds is 82. The first-order valence-electron chi connectivity index (χ1n) is 44.9. The Hall–Kier alpha value is -4.42. The van der Waals surface area contributed by atoms with Gasteiger partial charge in [-0.25, -0.2) is 9.13 Å². The zero-order chi connectivity index (χ0) is 83.7. The molecule has 662 valence electrons. The average molecular weight is 1660 g/mol. The van der Waals surface area contributed by atoms with Crippen LogP contribution in [-0.4, -0.2) is 158 Å². The van der Waals surface area contributed by atoms with E-state index in [4.69, 9.17) is 37.0 Å². The van der Waals surface area contributed by atoms with Crippen molar-refractivity contribution in [3.8, 4) is 0 Å². The van der Waals surface area contributed by atoms with Crippen molar-refractivity contribution in [1.82, 2.24) is 21.3 Å². The number of phosphoric ester groups is 2. The molecule has 0 aliphatic heterocycles. The lowest BCUT2D eigenvalue weighted by atomic mass is 10.0. The normalized spacial score (nSPS) is 14.4. The molecule has 26 heteroatoms. The second kappa shape index (κ2) is 74.8. The van der Waals surface area contributed by atoms with Gasteiger partial charge in [0.15, 0.2) is 0 Å². The van der Waals surface area contributed by atoms with Crippen LogP contribution in [0.5, 0.6) is 0 Å². The Balaban J connectivity index is 3.05. The van der Waals surface area contributed by atoms with E-state index in [1.165, 1.54) is 101 Å². The van der Waals surface area contributed by atoms with Crippen LogP contribution in [-0.2, 0) is 65.4 Å². The van der Waals surface area contributed by atoms with Crippen molar-refractivity contribution < 1.29 is 94.9 Å². The fourth-order valence-corrected chi connectivity index (χ4v) is 14.5. The Morgan fingerprint density at radius 3 is 1.03 bits per heavy atom. The van der Waals surface area contributed by atoms with E-state index in [1.54, 1.807) is 0 Å². The zero-order valence-corrected chi connectivity index (χ0v) is 73.5. The summed E-state index contributed by atoms with van der Waals surface area (Å²) in [6.07, 6.45) is 51.0. The lowest BCUT2D eigenvalue weighted by Crippen LogP contribution is -2.43. The van der Waals surface area contributed by atoms with E-state index in [-0.39, 0.29) is 88.3 Å². The molecule has 0 aliphatic carbocycles. The Labute approximate surface area is 688 Å². The van der Waals surface area contributed by atoms with E-state index in [9.17, 15) is 57.9 Å². The molecule has 24 nitrogen and oxygen atoms in total. The molecule has 4 amide bonds. The number of esters is 2. The van der Waals surface area contributed by atoms with Crippen molar-refractivity contribution in [2.45, 2.75) is 399 Å². The Kier molecular flexibility index (Phi) is 70.6. The summed E-state index contributed by atoms with van der Waals surface area (Å²) in [4.78, 5) is 102. The average Bonchev–Trinajstić information content (AvgIpc) is 0.866. The van der Waals surface area contributed by atoms with Crippen molar-refractivity contribution in [2.75, 3.05) is 65.9 Å². The number of nitrogens with one attached hydrogen (secondary N) is 4. The van der Waals surface area contributed by atoms with Gasteiger partial charge >= 0.3 is 27.6 Å². The van der Waals surface area contributed by atoms with E-state index in [0.29, 0.717) is 51.4 Å². The Morgan fingerprint density at radius 1 is 0.377 bits per heavy atom. The molecule has 0 aliphatic rings. The smallest absolute Gasteiger partial charge is 0.462 e. The summed E-state index contributed by atoms with van der Waals surface area (Å²) in [5.74, 6) is -3.00. The van der Waals surface area contributed by atoms with Crippen LogP contribution in [0.1, 0.15) is 383 Å². The lowest BCUT2D eigenvalue weighted by Gasteiger charge is -2.23. The maximum absolute atomic E-state index is 13.8. The van der Waals surface area contributed by atoms with E-state index < -0.39 is 102 Å². The minimum Gasteiger partial charge on any atom is -0.462 e. The minimum atomic E-state index is -4.81. The molecule has 0 bridgehead atoms. The van der Waals surface area contributed by atoms with Crippen molar-refractivity contribution in [1.29, 1.82) is 0 Å². The number of allylic oxidation sites excluding steroid dienone is 4. The molecule has 0 aromatic heterocycles. The molecular weight excluding hydrogens is 1490 g/mol. The van der Waals surface area contributed by atoms with Gasteiger partial charge in [0, 0.05) is 50.3 Å². The SMILES string of the molecule is CCCCC/C=C\CCCC(=O)OC(CCCCCCCCCCC)CC(=O)NC(COCCC(O)CCCCCCC)COP(=O)(O)OCCNC(=O)c1cccc(C(=O)NCCOP(=O)(O)OCC(COCCC(O)CCCCCCC)NC(=O)CC(CCCCCCCCCCC)OC(=O)CCC/C=C\CCCCC)c1. The molecule has 1 aromatic carbocycles. The number of amides is 4. The van der Waals surface area contributed by atoms with Gasteiger partial charge in [-0.15, -0.1) is 0 Å². The van der Waals surface area contributed by atoms with Crippen LogP contribution < -0.4 is 21.3 Å². The van der Waals surface area contributed by atoms with Crippen LogP contribution in [0.3, 0.4) is 0 Å². The number of hydrogen-bond acceptors (Lipinski definition) is 18. The number of carbonyl (C=O) groups excluding carboxylic acids is 6. The van der Waals surface area contributed by atoms with Gasteiger partial charge in [0.05, 0.1) is 76.8 Å². The van der Waals surface area contributed by atoms with Crippen LogP contribution in [0.25, 0.3) is 0 Å². The first-order chi connectivity index (χ1) is 55.2. The third kappa shape index (κ3) is 66.5. The number of unbranched alkanes of at least 4 members (excludes halogenated alkanes) is 32. The fourth-order valence-electron chi connectivity index (χ4n) is 13.0. The molecule has 0 heterocycles. The molecule has 0 spiro atoms. The van der Waals surface area contributed by atoms with Crippen LogP contribution in [0, 0.1) is 0 Å². The summed E-state index contributed by atoms with van der Waals surface area (Å²) < 4.78 is 71.6. The van der Waals surface area contributed by atoms with Gasteiger partial charge in [-0.1, -0.05) is 265 Å². The predicted octanol–water partition coefficient (Wildman–Crippen LogP) is 19.7. The van der Waals surface area contributed by atoms with Gasteiger partial charge in [-0.2, -0.15) is 0 Å². The summed E-state index contributed by atoms with van der Waals surface area (Å²) in [6, 6.07) is 3.77. The van der Waals surface area contributed by atoms with Crippen molar-refractivity contribution in [2.24, 2.45) is 0 Å². The molecule has 0 fully saturated rings. The minimum absolute atomic E-state index is 0.0571. The topological polar surface area (TPSA) is 339 Å². The standard InChI is InChI=1S/C88H160N4O20P2/c1-7-13-19-25-29-33-35-41-47-56-81(111-85(97)58-49-43-37-31-27-21-15-9-3)69-83(95)91-77(71-105-64-60-79(93)54-45-39-23-17-11-5)73-109-113(101,102)107-66-62-89-87(99)75-52-51-53-76(68-75)88(100)90-63-67-108-114(103,104)110-74-78(72-106-65-61-80(94)55-46-40-24-18-12-6)92-84(96)70-82(57-48-42-36-34-30-26-20-14-8-2)112-86(98)59-50-44-38-32-28-22-16-10-4/h31-32,37-38,51-53,68,77-82,93-94H,7-30,33-36,39-50,54-67,69-74H2,1-6H3,(H,89,99)(H,90,100)(H,91,95)(H,92,96)(H,101,102)(H,103,104)/b37-31-,38-32-. The fraction of sp³-hybridized carbons (Fsp3) is 0.818. The summed E-state index contributed by atoms with van der Waals surface area (Å²) in [5, 5.41) is 32.2. The largest absolute Gasteiger partial charge is 0.472 e. The molecule has 0 radical (unpaired) electrons. The Bertz CT molecular complexity index is 2540. The first kappa shape index (κ1) is 108. The molecule has 0 saturated heterocycles. The molecular formula is C88H160N4O20P2. The van der Waals surface area contributed by atoms with Gasteiger partial charge in [0.1, 0.15) is 12.2 Å². The molecule has 1 rings (SSSR count). The highest BCUT2D eigenvalue weighted by Crippen LogP contribution is 2.44. The number of phosphoric acid groups is 2. The lowest BCUT2D eigenvalue weighted by molar-refractivity contribution is -0.152. The van der Waals surface area contributed by atoms with Gasteiger partial charge < -0.3 is 60.2 Å². The molecule has 8 N–H and O–H groups in total. The van der Waals surface area contributed by atoms with E-state index in [1.807, 2.05) is 0 Å². The number of hydrogen-bond donors (Lipinski definition) is 8. The molecule has 0 saturated carbocycles. The van der Waals surface area contributed by atoms with Gasteiger partial charge in [-0.3, -0.25) is 46.9 Å². The number of carbonyl (C=O) groups is 6. The van der Waals surface area contributed by atoms with Gasteiger partial charge in [0.25, 0.3) is 11.8 Å². The predicted molar refractivity (Wildman–Crippen MR) is 455 cm³/mol. The van der Waals surface area contributed by atoms with E-state index in [2.05, 4.69) is 87.1 Å². The summed E-state index contributed by atoms with van der Waals surface area (Å²) >= 11 is 0. The third-order valence-electron chi connectivity index (χ3n) is 19.9. The quantitative estimate of drug-likeness (QED) is 0.0130. The van der Waals surface area contributed by atoms with Gasteiger partial charge in [-0.05, 0) is 121 Å². The van der Waals surface area contributed by atoms with E-state index >= 15 is 0 Å². The summed E-state index contributed by atoms with van der Waals surface area (Å²) in [5.41, 5.74) is 0.114.